The van der Waals surface area contributed by atoms with Crippen molar-refractivity contribution >= 4 is 11.6 Å². The van der Waals surface area contributed by atoms with Gasteiger partial charge in [0.2, 0.25) is 0 Å². The highest BCUT2D eigenvalue weighted by atomic mass is 35.5. The van der Waals surface area contributed by atoms with Crippen LogP contribution in [0.25, 0.3) is 0 Å². The largest absolute Gasteiger partial charge is 0.506 e. The Morgan fingerprint density at radius 1 is 1.27 bits per heavy atom. The fraction of sp³-hybridized carbons (Fsp3) is 0.500. The topological polar surface area (TPSA) is 40.5 Å². The number of aryl methyl sites for hydroxylation is 1. The number of fused-ring (bicyclic) bond motifs is 1. The molecule has 0 spiro atoms. The summed E-state index contributed by atoms with van der Waals surface area (Å²) >= 11 is 6.12. The van der Waals surface area contributed by atoms with Gasteiger partial charge in [0.25, 0.3) is 0 Å². The van der Waals surface area contributed by atoms with Crippen LogP contribution in [0.3, 0.4) is 0 Å². The molecule has 2 N–H and O–H groups in total. The zero-order chi connectivity index (χ0) is 10.6. The molecule has 0 aliphatic heterocycles. The third-order valence-electron chi connectivity index (χ3n) is 3.53. The van der Waals surface area contributed by atoms with Gasteiger partial charge in [0.1, 0.15) is 5.75 Å². The van der Waals surface area contributed by atoms with Gasteiger partial charge in [-0.2, -0.15) is 0 Å². The molecule has 0 amide bonds. The second-order valence-electron chi connectivity index (χ2n) is 4.61. The van der Waals surface area contributed by atoms with Crippen molar-refractivity contribution in [3.8, 4) is 5.75 Å². The maximum atomic E-state index is 10.0. The molecule has 1 aromatic rings. The number of phenolic OH excluding ortho intramolecular Hbond substituents is 1. The van der Waals surface area contributed by atoms with E-state index in [2.05, 4.69) is 0 Å². The lowest BCUT2D eigenvalue weighted by Crippen LogP contribution is -2.06. The van der Waals surface area contributed by atoms with Crippen LogP contribution in [-0.2, 0) is 18.4 Å². The summed E-state index contributed by atoms with van der Waals surface area (Å²) in [5, 5.41) is 20.4. The number of phenols is 1. The summed E-state index contributed by atoms with van der Waals surface area (Å²) in [6.45, 7) is 0. The van der Waals surface area contributed by atoms with Crippen LogP contribution in [0.5, 0.6) is 5.75 Å². The van der Waals surface area contributed by atoms with Crippen LogP contribution in [0.4, 0.5) is 0 Å². The summed E-state index contributed by atoms with van der Waals surface area (Å²) < 4.78 is 0. The van der Waals surface area contributed by atoms with E-state index < -0.39 is 5.60 Å². The summed E-state index contributed by atoms with van der Waals surface area (Å²) in [6, 6.07) is 1.94. The zero-order valence-corrected chi connectivity index (χ0v) is 9.14. The molecular weight excluding hydrogens is 212 g/mol. The minimum atomic E-state index is -0.800. The molecule has 1 saturated carbocycles. The fourth-order valence-electron chi connectivity index (χ4n) is 2.42. The lowest BCUT2D eigenvalue weighted by molar-refractivity contribution is 0.147. The van der Waals surface area contributed by atoms with Crippen LogP contribution in [0.1, 0.15) is 36.0 Å². The molecule has 0 heterocycles. The van der Waals surface area contributed by atoms with E-state index in [4.69, 9.17) is 11.6 Å². The lowest BCUT2D eigenvalue weighted by atomic mass is 10.00. The smallest absolute Gasteiger partial charge is 0.140 e. The summed E-state index contributed by atoms with van der Waals surface area (Å²) in [5.41, 5.74) is 2.11. The highest BCUT2D eigenvalue weighted by Gasteiger charge is 2.45. The normalized spacial score (nSPS) is 21.5. The first kappa shape index (κ1) is 9.49. The maximum absolute atomic E-state index is 10.0. The minimum Gasteiger partial charge on any atom is -0.506 e. The highest BCUT2D eigenvalue weighted by molar-refractivity contribution is 6.33. The first-order valence-electron chi connectivity index (χ1n) is 5.38. The molecule has 0 radical (unpaired) electrons. The molecule has 1 aromatic carbocycles. The minimum absolute atomic E-state index is 0.0947. The standard InChI is InChI=1S/C12H13ClO2/c13-10-8-3-1-2-7(8)6-9(11(10)14)12(15)4-5-12/h6,14-15H,1-5H2. The average molecular weight is 225 g/mol. The molecule has 2 aliphatic rings. The molecule has 0 saturated heterocycles. The van der Waals surface area contributed by atoms with Gasteiger partial charge in [0, 0.05) is 5.56 Å². The number of aliphatic hydroxyl groups is 1. The molecular formula is C12H13ClO2. The predicted octanol–water partition coefficient (Wildman–Crippen LogP) is 2.52. The SMILES string of the molecule is Oc1c(C2(O)CC2)cc2c(c1Cl)CCC2. The number of hydrogen-bond donors (Lipinski definition) is 2. The van der Waals surface area contributed by atoms with E-state index in [1.165, 1.54) is 5.56 Å². The van der Waals surface area contributed by atoms with Crippen molar-refractivity contribution in [1.82, 2.24) is 0 Å². The van der Waals surface area contributed by atoms with Crippen LogP contribution in [0.15, 0.2) is 6.07 Å². The Hall–Kier alpha value is -0.730. The van der Waals surface area contributed by atoms with Crippen LogP contribution in [0.2, 0.25) is 5.02 Å². The van der Waals surface area contributed by atoms with Crippen molar-refractivity contribution in [3.63, 3.8) is 0 Å². The Bertz CT molecular complexity index is 436. The van der Waals surface area contributed by atoms with Crippen LogP contribution < -0.4 is 0 Å². The van der Waals surface area contributed by atoms with Crippen molar-refractivity contribution in [1.29, 1.82) is 0 Å². The number of halogens is 1. The van der Waals surface area contributed by atoms with Gasteiger partial charge in [-0.3, -0.25) is 0 Å². The van der Waals surface area contributed by atoms with E-state index in [1.807, 2.05) is 6.07 Å². The summed E-state index contributed by atoms with van der Waals surface area (Å²) in [7, 11) is 0. The van der Waals surface area contributed by atoms with Gasteiger partial charge in [-0.15, -0.1) is 0 Å². The van der Waals surface area contributed by atoms with Gasteiger partial charge < -0.3 is 10.2 Å². The van der Waals surface area contributed by atoms with Gasteiger partial charge in [-0.25, -0.2) is 0 Å². The molecule has 15 heavy (non-hydrogen) atoms. The maximum Gasteiger partial charge on any atom is 0.140 e. The Labute approximate surface area is 93.5 Å². The Kier molecular flexibility index (Phi) is 1.83. The van der Waals surface area contributed by atoms with E-state index in [-0.39, 0.29) is 5.75 Å². The molecule has 1 fully saturated rings. The molecule has 3 rings (SSSR count). The highest BCUT2D eigenvalue weighted by Crippen LogP contribution is 2.52. The molecule has 0 atom stereocenters. The molecule has 3 heteroatoms. The van der Waals surface area contributed by atoms with Crippen LogP contribution in [0, 0.1) is 0 Å². The molecule has 0 aromatic heterocycles. The summed E-state index contributed by atoms with van der Waals surface area (Å²) in [5.74, 6) is 0.0947. The molecule has 0 unspecified atom stereocenters. The summed E-state index contributed by atoms with van der Waals surface area (Å²) in [6.07, 6.45) is 4.51. The second kappa shape index (κ2) is 2.89. The lowest BCUT2D eigenvalue weighted by Gasteiger charge is -2.14. The van der Waals surface area contributed by atoms with Crippen molar-refractivity contribution in [2.24, 2.45) is 0 Å². The van der Waals surface area contributed by atoms with Gasteiger partial charge in [0.05, 0.1) is 10.6 Å². The fourth-order valence-corrected chi connectivity index (χ4v) is 2.74. The Morgan fingerprint density at radius 3 is 2.67 bits per heavy atom. The third-order valence-corrected chi connectivity index (χ3v) is 3.94. The van der Waals surface area contributed by atoms with Gasteiger partial charge in [-0.1, -0.05) is 11.6 Å². The van der Waals surface area contributed by atoms with Crippen molar-refractivity contribution in [2.75, 3.05) is 0 Å². The van der Waals surface area contributed by atoms with Gasteiger partial charge in [0.15, 0.2) is 0 Å². The number of aromatic hydroxyl groups is 1. The van der Waals surface area contributed by atoms with E-state index in [0.717, 1.165) is 37.7 Å². The van der Waals surface area contributed by atoms with Gasteiger partial charge >= 0.3 is 0 Å². The first-order valence-corrected chi connectivity index (χ1v) is 5.76. The summed E-state index contributed by atoms with van der Waals surface area (Å²) in [4.78, 5) is 0. The Balaban J connectivity index is 2.20. The van der Waals surface area contributed by atoms with Crippen molar-refractivity contribution in [3.05, 3.63) is 27.8 Å². The molecule has 0 bridgehead atoms. The molecule has 2 nitrogen and oxygen atoms in total. The van der Waals surface area contributed by atoms with E-state index in [1.54, 1.807) is 0 Å². The van der Waals surface area contributed by atoms with Crippen molar-refractivity contribution < 1.29 is 10.2 Å². The van der Waals surface area contributed by atoms with E-state index >= 15 is 0 Å². The quantitative estimate of drug-likeness (QED) is 0.770. The Morgan fingerprint density at radius 2 is 2.00 bits per heavy atom. The van der Waals surface area contributed by atoms with Crippen LogP contribution in [-0.4, -0.2) is 10.2 Å². The molecule has 2 aliphatic carbocycles. The number of benzene rings is 1. The number of hydrogen-bond acceptors (Lipinski definition) is 2. The van der Waals surface area contributed by atoms with Crippen LogP contribution >= 0.6 is 11.6 Å². The molecule has 80 valence electrons. The predicted molar refractivity (Wildman–Crippen MR) is 58.3 cm³/mol. The average Bonchev–Trinajstić information content (AvgIpc) is 2.80. The van der Waals surface area contributed by atoms with Gasteiger partial charge in [-0.05, 0) is 49.3 Å². The van der Waals surface area contributed by atoms with Crippen molar-refractivity contribution in [2.45, 2.75) is 37.7 Å². The van der Waals surface area contributed by atoms with E-state index in [9.17, 15) is 10.2 Å². The third kappa shape index (κ3) is 1.28. The monoisotopic (exact) mass is 224 g/mol. The first-order chi connectivity index (χ1) is 7.12. The number of rotatable bonds is 1. The zero-order valence-electron chi connectivity index (χ0n) is 8.39. The second-order valence-corrected chi connectivity index (χ2v) is 4.99. The van der Waals surface area contributed by atoms with E-state index in [0.29, 0.717) is 10.6 Å².